The Kier molecular flexibility index (Phi) is 6.36. The van der Waals surface area contributed by atoms with E-state index in [-0.39, 0.29) is 12.0 Å². The Morgan fingerprint density at radius 2 is 1.80 bits per heavy atom. The Balaban J connectivity index is 2.06. The first-order valence-electron chi connectivity index (χ1n) is 8.50. The quantitative estimate of drug-likeness (QED) is 0.748. The van der Waals surface area contributed by atoms with Gasteiger partial charge >= 0.3 is 0 Å². The summed E-state index contributed by atoms with van der Waals surface area (Å²) in [7, 11) is 3.47. The minimum atomic E-state index is -3.43. The molecule has 0 aromatic carbocycles. The molecule has 0 saturated carbocycles. The van der Waals surface area contributed by atoms with Crippen LogP contribution >= 0.6 is 0 Å². The standard InChI is InChI=1S/C16H30N6O2S/c1-12(2)14-10-22(11-15(14)19-25(23,24)21(5)6)9-13-7-17-16(18-8-13)20(3)4/h7-8,12,14-15,19H,9-11H2,1-6H3/t14-,15+/m0/s1. The minimum Gasteiger partial charge on any atom is -0.347 e. The van der Waals surface area contributed by atoms with Crippen LogP contribution in [-0.4, -0.2) is 74.9 Å². The lowest BCUT2D eigenvalue weighted by atomic mass is 9.92. The lowest BCUT2D eigenvalue weighted by molar-refractivity contribution is 0.295. The fraction of sp³-hybridized carbons (Fsp3) is 0.750. The second-order valence-electron chi connectivity index (χ2n) is 7.40. The van der Waals surface area contributed by atoms with Gasteiger partial charge in [0, 0.05) is 71.8 Å². The van der Waals surface area contributed by atoms with Crippen molar-refractivity contribution in [3.8, 4) is 0 Å². The van der Waals surface area contributed by atoms with Gasteiger partial charge in [-0.3, -0.25) is 4.90 Å². The van der Waals surface area contributed by atoms with Gasteiger partial charge in [0.15, 0.2) is 0 Å². The maximum Gasteiger partial charge on any atom is 0.279 e. The van der Waals surface area contributed by atoms with Crippen molar-refractivity contribution in [2.24, 2.45) is 11.8 Å². The molecule has 9 heteroatoms. The van der Waals surface area contributed by atoms with Gasteiger partial charge in [-0.05, 0) is 11.8 Å². The summed E-state index contributed by atoms with van der Waals surface area (Å²) in [6.45, 7) is 6.54. The third kappa shape index (κ3) is 5.10. The summed E-state index contributed by atoms with van der Waals surface area (Å²) in [6, 6.07) is -0.0885. The summed E-state index contributed by atoms with van der Waals surface area (Å²) in [5, 5.41) is 0. The average Bonchev–Trinajstić information content (AvgIpc) is 2.89. The smallest absolute Gasteiger partial charge is 0.279 e. The van der Waals surface area contributed by atoms with Gasteiger partial charge in [0.2, 0.25) is 5.95 Å². The van der Waals surface area contributed by atoms with Crippen LogP contribution in [0.2, 0.25) is 0 Å². The molecule has 25 heavy (non-hydrogen) atoms. The first-order valence-corrected chi connectivity index (χ1v) is 9.94. The fourth-order valence-electron chi connectivity index (χ4n) is 3.06. The molecule has 1 aliphatic rings. The van der Waals surface area contributed by atoms with Crippen molar-refractivity contribution in [3.05, 3.63) is 18.0 Å². The molecule has 2 rings (SSSR count). The molecule has 1 N–H and O–H groups in total. The summed E-state index contributed by atoms with van der Waals surface area (Å²) >= 11 is 0. The van der Waals surface area contributed by atoms with Crippen LogP contribution in [0.5, 0.6) is 0 Å². The minimum absolute atomic E-state index is 0.0885. The van der Waals surface area contributed by atoms with Crippen LogP contribution in [0.3, 0.4) is 0 Å². The molecular weight excluding hydrogens is 340 g/mol. The van der Waals surface area contributed by atoms with E-state index in [1.165, 1.54) is 4.31 Å². The Bertz CT molecular complexity index is 660. The molecule has 0 radical (unpaired) electrons. The van der Waals surface area contributed by atoms with Gasteiger partial charge in [0.05, 0.1) is 0 Å². The second-order valence-corrected chi connectivity index (χ2v) is 9.32. The van der Waals surface area contributed by atoms with Gasteiger partial charge in [-0.15, -0.1) is 0 Å². The molecule has 1 aliphatic heterocycles. The van der Waals surface area contributed by atoms with Crippen molar-refractivity contribution in [1.82, 2.24) is 23.9 Å². The van der Waals surface area contributed by atoms with Crippen molar-refractivity contribution >= 4 is 16.2 Å². The van der Waals surface area contributed by atoms with E-state index in [0.29, 0.717) is 18.4 Å². The van der Waals surface area contributed by atoms with Gasteiger partial charge in [-0.1, -0.05) is 13.8 Å². The average molecular weight is 371 g/mol. The van der Waals surface area contributed by atoms with E-state index in [4.69, 9.17) is 0 Å². The molecule has 142 valence electrons. The highest BCUT2D eigenvalue weighted by Crippen LogP contribution is 2.26. The molecule has 0 aliphatic carbocycles. The first-order chi connectivity index (χ1) is 11.6. The predicted octanol–water partition coefficient (Wildman–Crippen LogP) is 0.395. The van der Waals surface area contributed by atoms with Crippen LogP contribution in [0.1, 0.15) is 19.4 Å². The molecule has 0 amide bonds. The van der Waals surface area contributed by atoms with E-state index in [1.807, 2.05) is 31.4 Å². The molecular formula is C16H30N6O2S. The number of anilines is 1. The van der Waals surface area contributed by atoms with Crippen molar-refractivity contribution in [1.29, 1.82) is 0 Å². The number of hydrogen-bond acceptors (Lipinski definition) is 6. The fourth-order valence-corrected chi connectivity index (χ4v) is 3.90. The van der Waals surface area contributed by atoms with Crippen molar-refractivity contribution in [2.75, 3.05) is 46.2 Å². The Labute approximate surface area is 151 Å². The molecule has 2 heterocycles. The number of nitrogens with zero attached hydrogens (tertiary/aromatic N) is 5. The Morgan fingerprint density at radius 1 is 1.20 bits per heavy atom. The zero-order valence-electron chi connectivity index (χ0n) is 16.0. The van der Waals surface area contributed by atoms with Gasteiger partial charge in [0.25, 0.3) is 10.2 Å². The zero-order valence-corrected chi connectivity index (χ0v) is 16.8. The molecule has 8 nitrogen and oxygen atoms in total. The van der Waals surface area contributed by atoms with Crippen molar-refractivity contribution < 1.29 is 8.42 Å². The lowest BCUT2D eigenvalue weighted by Crippen LogP contribution is -2.46. The van der Waals surface area contributed by atoms with Gasteiger partial charge < -0.3 is 4.90 Å². The molecule has 0 bridgehead atoms. The summed E-state index contributed by atoms with van der Waals surface area (Å²) in [6.07, 6.45) is 3.67. The van der Waals surface area contributed by atoms with Crippen molar-refractivity contribution in [3.63, 3.8) is 0 Å². The SMILES string of the molecule is CC(C)[C@@H]1CN(Cc2cnc(N(C)C)nc2)C[C@H]1NS(=O)(=O)N(C)C. The number of likely N-dealkylation sites (tertiary alicyclic amines) is 1. The largest absolute Gasteiger partial charge is 0.347 e. The van der Waals surface area contributed by atoms with Crippen LogP contribution in [-0.2, 0) is 16.8 Å². The zero-order chi connectivity index (χ0) is 18.8. The highest BCUT2D eigenvalue weighted by molar-refractivity contribution is 7.87. The third-order valence-corrected chi connectivity index (χ3v) is 6.14. The van der Waals surface area contributed by atoms with Crippen LogP contribution < -0.4 is 9.62 Å². The Hall–Kier alpha value is -1.29. The van der Waals surface area contributed by atoms with E-state index in [9.17, 15) is 8.42 Å². The van der Waals surface area contributed by atoms with E-state index >= 15 is 0 Å². The number of aromatic nitrogens is 2. The number of nitrogens with one attached hydrogen (secondary N) is 1. The first kappa shape index (κ1) is 20.0. The van der Waals surface area contributed by atoms with E-state index < -0.39 is 10.2 Å². The topological polar surface area (TPSA) is 81.7 Å². The molecule has 2 atom stereocenters. The van der Waals surface area contributed by atoms with Crippen molar-refractivity contribution in [2.45, 2.75) is 26.4 Å². The lowest BCUT2D eigenvalue weighted by Gasteiger charge is -2.24. The van der Waals surface area contributed by atoms with E-state index in [2.05, 4.69) is 33.4 Å². The summed E-state index contributed by atoms with van der Waals surface area (Å²) in [5.41, 5.74) is 1.03. The van der Waals surface area contributed by atoms with Gasteiger partial charge in [0.1, 0.15) is 0 Å². The van der Waals surface area contributed by atoms with Crippen LogP contribution in [0.15, 0.2) is 12.4 Å². The van der Waals surface area contributed by atoms with Crippen LogP contribution in [0.25, 0.3) is 0 Å². The summed E-state index contributed by atoms with van der Waals surface area (Å²) in [5.74, 6) is 1.35. The molecule has 0 spiro atoms. The summed E-state index contributed by atoms with van der Waals surface area (Å²) in [4.78, 5) is 12.8. The van der Waals surface area contributed by atoms with Crippen LogP contribution in [0.4, 0.5) is 5.95 Å². The van der Waals surface area contributed by atoms with Gasteiger partial charge in [-0.25, -0.2) is 9.97 Å². The number of rotatable bonds is 7. The maximum absolute atomic E-state index is 12.2. The predicted molar refractivity (Wildman–Crippen MR) is 99.5 cm³/mol. The van der Waals surface area contributed by atoms with Gasteiger partial charge in [-0.2, -0.15) is 17.4 Å². The second kappa shape index (κ2) is 7.94. The molecule has 0 unspecified atom stereocenters. The highest BCUT2D eigenvalue weighted by atomic mass is 32.2. The molecule has 1 aromatic rings. The molecule has 1 fully saturated rings. The third-order valence-electron chi connectivity index (χ3n) is 4.58. The van der Waals surface area contributed by atoms with E-state index in [1.54, 1.807) is 14.1 Å². The van der Waals surface area contributed by atoms with E-state index in [0.717, 1.165) is 18.7 Å². The van der Waals surface area contributed by atoms with Crippen LogP contribution in [0, 0.1) is 11.8 Å². The summed E-state index contributed by atoms with van der Waals surface area (Å²) < 4.78 is 28.5. The number of hydrogen-bond donors (Lipinski definition) is 1. The Morgan fingerprint density at radius 3 is 2.28 bits per heavy atom. The molecule has 1 aromatic heterocycles. The molecule has 1 saturated heterocycles. The normalized spacial score (nSPS) is 22.1. The maximum atomic E-state index is 12.2. The highest BCUT2D eigenvalue weighted by Gasteiger charge is 2.37. The monoisotopic (exact) mass is 370 g/mol.